The van der Waals surface area contributed by atoms with E-state index in [2.05, 4.69) is 57.0 Å². The second-order valence-corrected chi connectivity index (χ2v) is 17.5. The van der Waals surface area contributed by atoms with E-state index in [1.165, 1.54) is 19.1 Å². The maximum Gasteiger partial charge on any atom is 0.407 e. The van der Waals surface area contributed by atoms with E-state index in [9.17, 15) is 19.2 Å². The van der Waals surface area contributed by atoms with Crippen LogP contribution in [0.25, 0.3) is 20.7 Å². The maximum atomic E-state index is 13.6. The van der Waals surface area contributed by atoms with Gasteiger partial charge in [-0.2, -0.15) is 0 Å². The van der Waals surface area contributed by atoms with E-state index in [1.54, 1.807) is 0 Å². The van der Waals surface area contributed by atoms with Crippen molar-refractivity contribution < 1.29 is 28.7 Å². The molecule has 54 heavy (non-hydrogen) atoms. The van der Waals surface area contributed by atoms with Crippen LogP contribution in [-0.4, -0.2) is 98.6 Å². The number of alkyl carbamates (subject to hydrolysis) is 2. The van der Waals surface area contributed by atoms with Crippen molar-refractivity contribution in [2.75, 3.05) is 27.3 Å². The number of fused-ring (bicyclic) bond motifs is 2. The van der Waals surface area contributed by atoms with Crippen LogP contribution < -0.4 is 10.6 Å². The molecule has 2 aromatic heterocycles. The molecule has 2 fully saturated rings. The number of hydrogen-bond acceptors (Lipinski definition) is 9. The average molecular weight is 776 g/mol. The molecule has 13 nitrogen and oxygen atoms in total. The van der Waals surface area contributed by atoms with Gasteiger partial charge in [-0.1, -0.05) is 52.0 Å². The van der Waals surface area contributed by atoms with Crippen LogP contribution in [0.2, 0.25) is 0 Å². The number of amides is 4. The van der Waals surface area contributed by atoms with E-state index in [0.29, 0.717) is 13.1 Å². The topological polar surface area (TPSA) is 162 Å². The molecule has 4 N–H and O–H groups in total. The molecule has 2 saturated heterocycles. The summed E-state index contributed by atoms with van der Waals surface area (Å²) >= 11 is 3.68. The number of likely N-dealkylation sites (tertiary alicyclic amines) is 2. The molecular formula is C39H49N7O6S2. The van der Waals surface area contributed by atoms with Gasteiger partial charge in [0.05, 0.1) is 38.2 Å². The fraction of sp³-hybridized carbons (Fsp3) is 0.513. The Hall–Kier alpha value is -4.37. The van der Waals surface area contributed by atoms with Crippen LogP contribution in [-0.2, 0) is 19.1 Å². The minimum atomic E-state index is -0.674. The van der Waals surface area contributed by atoms with Crippen LogP contribution in [0.5, 0.6) is 0 Å². The molecule has 7 rings (SSSR count). The summed E-state index contributed by atoms with van der Waals surface area (Å²) in [5, 5.41) is 7.11. The Morgan fingerprint density at radius 3 is 1.98 bits per heavy atom. The standard InChI is InChI=1S/C39H49N7O6S2/c1-20(2)33(43-38(49)51-5)36(47)45-13-7-9-27(45)25-15-22-11-12-23(16-24(22)41-25)29-17-31-32(53-29)18-30(54-31)26-19-40-35(42-26)28-10-8-14-46(28)37(48)34(21(3)4)44-39(50)52-6/h11-12,15-21,27-28,31-34,41H,7-10,13-14H2,1-6H3,(H,40,42)(H,43,49)(H,44,50)/t27-,28-,31?,32?,33-,34-/m0/s1. The van der Waals surface area contributed by atoms with Gasteiger partial charge in [-0.3, -0.25) is 9.59 Å². The Bertz CT molecular complexity index is 1990. The highest BCUT2D eigenvalue weighted by Gasteiger charge is 2.40. The van der Waals surface area contributed by atoms with Gasteiger partial charge in [0.15, 0.2) is 0 Å². The third-order valence-corrected chi connectivity index (χ3v) is 13.6. The molecular weight excluding hydrogens is 727 g/mol. The molecule has 0 aliphatic carbocycles. The van der Waals surface area contributed by atoms with Crippen molar-refractivity contribution in [3.63, 3.8) is 0 Å². The molecule has 15 heteroatoms. The molecule has 288 valence electrons. The molecule has 4 aliphatic heterocycles. The first-order chi connectivity index (χ1) is 25.9. The predicted octanol–water partition coefficient (Wildman–Crippen LogP) is 6.59. The summed E-state index contributed by atoms with van der Waals surface area (Å²) in [7, 11) is 2.60. The van der Waals surface area contributed by atoms with Crippen LogP contribution in [0.3, 0.4) is 0 Å². The van der Waals surface area contributed by atoms with Crippen molar-refractivity contribution >= 4 is 68.2 Å². The van der Waals surface area contributed by atoms with E-state index in [4.69, 9.17) is 14.5 Å². The summed E-state index contributed by atoms with van der Waals surface area (Å²) in [6, 6.07) is 7.06. The number of nitrogens with zero attached hydrogens (tertiary/aromatic N) is 3. The lowest BCUT2D eigenvalue weighted by Crippen LogP contribution is -2.51. The Morgan fingerprint density at radius 2 is 1.37 bits per heavy atom. The van der Waals surface area contributed by atoms with Crippen molar-refractivity contribution in [2.45, 2.75) is 88.0 Å². The number of carbonyl (C=O) groups is 4. The number of aromatic nitrogens is 3. The van der Waals surface area contributed by atoms with E-state index in [0.717, 1.165) is 64.3 Å². The third-order valence-electron chi connectivity index (χ3n) is 10.8. The zero-order valence-corrected chi connectivity index (χ0v) is 33.1. The number of rotatable bonds is 10. The summed E-state index contributed by atoms with van der Waals surface area (Å²) in [6.45, 7) is 8.93. The summed E-state index contributed by atoms with van der Waals surface area (Å²) in [5.41, 5.74) is 4.14. The first-order valence-electron chi connectivity index (χ1n) is 18.7. The minimum absolute atomic E-state index is 0.0807. The van der Waals surface area contributed by atoms with Crippen LogP contribution in [0.15, 0.2) is 42.6 Å². The molecule has 1 aromatic carbocycles. The lowest BCUT2D eigenvalue weighted by molar-refractivity contribution is -0.136. The van der Waals surface area contributed by atoms with Crippen LogP contribution in [0.4, 0.5) is 9.59 Å². The van der Waals surface area contributed by atoms with Crippen molar-refractivity contribution in [3.8, 4) is 0 Å². The van der Waals surface area contributed by atoms with E-state index in [-0.39, 0.29) is 46.2 Å². The number of ether oxygens (including phenoxy) is 2. The largest absolute Gasteiger partial charge is 0.453 e. The summed E-state index contributed by atoms with van der Waals surface area (Å²) in [6.07, 6.45) is 8.73. The number of H-pyrrole nitrogens is 2. The lowest BCUT2D eigenvalue weighted by Gasteiger charge is -2.30. The van der Waals surface area contributed by atoms with Crippen LogP contribution in [0, 0.1) is 11.8 Å². The molecule has 6 heterocycles. The van der Waals surface area contributed by atoms with Crippen molar-refractivity contribution in [3.05, 3.63) is 65.4 Å². The first kappa shape index (κ1) is 37.9. The monoisotopic (exact) mass is 775 g/mol. The second kappa shape index (κ2) is 15.8. The van der Waals surface area contributed by atoms with Gasteiger partial charge < -0.3 is 39.9 Å². The average Bonchev–Trinajstić information content (AvgIpc) is 3.99. The fourth-order valence-electron chi connectivity index (χ4n) is 7.92. The summed E-state index contributed by atoms with van der Waals surface area (Å²) in [5.74, 6) is 0.378. The number of carbonyl (C=O) groups excluding carboxylic acids is 4. The van der Waals surface area contributed by atoms with Crippen molar-refractivity contribution in [2.24, 2.45) is 11.8 Å². The van der Waals surface area contributed by atoms with Gasteiger partial charge in [-0.15, -0.1) is 23.5 Å². The molecule has 2 unspecified atom stereocenters. The van der Waals surface area contributed by atoms with Crippen molar-refractivity contribution in [1.82, 2.24) is 35.4 Å². The molecule has 0 spiro atoms. The van der Waals surface area contributed by atoms with Gasteiger partial charge in [0.25, 0.3) is 0 Å². The van der Waals surface area contributed by atoms with Gasteiger partial charge in [0.2, 0.25) is 11.8 Å². The SMILES string of the molecule is COC(=O)N[C@H](C(=O)N1CCC[C@H]1c1cc2ccc(C3=CC4SC(c5cnc([C@@H]6CCCN6C(=O)[C@@H](NC(=O)OC)C(C)C)[nH]5)=CC4S3)cc2[nH]1)C(C)C. The molecule has 0 saturated carbocycles. The second-order valence-electron chi connectivity index (χ2n) is 15.0. The van der Waals surface area contributed by atoms with Gasteiger partial charge in [-0.25, -0.2) is 14.6 Å². The smallest absolute Gasteiger partial charge is 0.407 e. The number of benzene rings is 1. The van der Waals surface area contributed by atoms with E-state index >= 15 is 0 Å². The highest BCUT2D eigenvalue weighted by Crippen LogP contribution is 2.53. The number of hydrogen-bond donors (Lipinski definition) is 4. The molecule has 4 aliphatic rings. The minimum Gasteiger partial charge on any atom is -0.453 e. The predicted molar refractivity (Wildman–Crippen MR) is 211 cm³/mol. The third kappa shape index (κ3) is 7.48. The van der Waals surface area contributed by atoms with E-state index < -0.39 is 24.3 Å². The molecule has 3 aromatic rings. The summed E-state index contributed by atoms with van der Waals surface area (Å²) < 4.78 is 9.55. The van der Waals surface area contributed by atoms with Gasteiger partial charge >= 0.3 is 12.2 Å². The molecule has 0 radical (unpaired) electrons. The highest BCUT2D eigenvalue weighted by molar-refractivity contribution is 8.14. The zero-order chi connectivity index (χ0) is 38.3. The number of aromatic amines is 2. The fourth-order valence-corrected chi connectivity index (χ4v) is 10.8. The van der Waals surface area contributed by atoms with Crippen LogP contribution in [0.1, 0.15) is 88.2 Å². The highest BCUT2D eigenvalue weighted by atomic mass is 32.2. The number of nitrogens with one attached hydrogen (secondary N) is 4. The quantitative estimate of drug-likeness (QED) is 0.178. The number of thioether (sulfide) groups is 2. The summed E-state index contributed by atoms with van der Waals surface area (Å²) in [4.78, 5) is 69.2. The Kier molecular flexibility index (Phi) is 11.1. The maximum absolute atomic E-state index is 13.6. The zero-order valence-electron chi connectivity index (χ0n) is 31.5. The van der Waals surface area contributed by atoms with Crippen molar-refractivity contribution in [1.29, 1.82) is 0 Å². The van der Waals surface area contributed by atoms with Gasteiger partial charge in [0.1, 0.15) is 17.9 Å². The lowest BCUT2D eigenvalue weighted by atomic mass is 10.0. The molecule has 6 atom stereocenters. The number of imidazole rings is 1. The Labute approximate surface area is 323 Å². The van der Waals surface area contributed by atoms with Gasteiger partial charge in [-0.05, 0) is 60.6 Å². The van der Waals surface area contributed by atoms with Gasteiger partial charge in [0, 0.05) is 44.6 Å². The normalized spacial score (nSPS) is 23.4. The first-order valence-corrected chi connectivity index (χ1v) is 20.5. The van der Waals surface area contributed by atoms with E-state index in [1.807, 2.05) is 67.2 Å². The molecule has 0 bridgehead atoms. The Balaban J connectivity index is 1.01. The Morgan fingerprint density at radius 1 is 0.796 bits per heavy atom. The van der Waals surface area contributed by atoms with Crippen LogP contribution >= 0.6 is 23.5 Å². The number of methoxy groups -OCH3 is 2. The molecule has 4 amide bonds.